The Kier molecular flexibility index (Phi) is 4.33. The van der Waals surface area contributed by atoms with Crippen LogP contribution in [0.2, 0.25) is 0 Å². The van der Waals surface area contributed by atoms with Gasteiger partial charge in [0.1, 0.15) is 0 Å². The molecule has 23 heavy (non-hydrogen) atoms. The largest absolute Gasteiger partial charge is 0.454 e. The third-order valence-electron chi connectivity index (χ3n) is 3.17. The molecule has 1 aromatic heterocycles. The fourth-order valence-electron chi connectivity index (χ4n) is 1.97. The summed E-state index contributed by atoms with van der Waals surface area (Å²) in [5.74, 6) is 1.18. The molecule has 0 aliphatic carbocycles. The molecule has 1 amide bonds. The smallest absolute Gasteiger partial charge is 0.272 e. The van der Waals surface area contributed by atoms with Crippen LogP contribution in [0.1, 0.15) is 22.8 Å². The Morgan fingerprint density at radius 2 is 2.17 bits per heavy atom. The van der Waals surface area contributed by atoms with Gasteiger partial charge in [0.25, 0.3) is 5.91 Å². The summed E-state index contributed by atoms with van der Waals surface area (Å²) < 4.78 is 10.6. The molecule has 0 fully saturated rings. The van der Waals surface area contributed by atoms with Crippen molar-refractivity contribution in [3.8, 4) is 11.5 Å². The van der Waals surface area contributed by atoms with E-state index < -0.39 is 0 Å². The molecular weight excluding hydrogens is 294 g/mol. The van der Waals surface area contributed by atoms with Gasteiger partial charge in [0.05, 0.1) is 11.3 Å². The molecule has 6 heteroatoms. The van der Waals surface area contributed by atoms with Crippen molar-refractivity contribution in [3.63, 3.8) is 0 Å². The van der Waals surface area contributed by atoms with Gasteiger partial charge >= 0.3 is 0 Å². The maximum atomic E-state index is 11.8. The number of nitrogens with one attached hydrogen (secondary N) is 1. The highest BCUT2D eigenvalue weighted by molar-refractivity contribution is 5.99. The number of hydrogen-bond donors (Lipinski definition) is 1. The van der Waals surface area contributed by atoms with Gasteiger partial charge in [-0.3, -0.25) is 9.78 Å². The lowest BCUT2D eigenvalue weighted by Gasteiger charge is -2.00. The van der Waals surface area contributed by atoms with Crippen LogP contribution >= 0.6 is 0 Å². The van der Waals surface area contributed by atoms with Crippen LogP contribution in [0, 0.1) is 0 Å². The van der Waals surface area contributed by atoms with Gasteiger partial charge < -0.3 is 9.47 Å². The summed E-state index contributed by atoms with van der Waals surface area (Å²) in [5.41, 5.74) is 4.58. The van der Waals surface area contributed by atoms with E-state index in [1.54, 1.807) is 31.3 Å². The first kappa shape index (κ1) is 14.8. The van der Waals surface area contributed by atoms with Crippen molar-refractivity contribution in [1.82, 2.24) is 10.4 Å². The predicted octanol–water partition coefficient (Wildman–Crippen LogP) is 2.63. The summed E-state index contributed by atoms with van der Waals surface area (Å²) in [4.78, 5) is 15.7. The summed E-state index contributed by atoms with van der Waals surface area (Å²) >= 11 is 0. The number of allylic oxidation sites excluding steroid dienone is 1. The van der Waals surface area contributed by atoms with E-state index in [-0.39, 0.29) is 12.7 Å². The van der Waals surface area contributed by atoms with Crippen molar-refractivity contribution in [3.05, 3.63) is 59.9 Å². The minimum Gasteiger partial charge on any atom is -0.454 e. The Balaban J connectivity index is 1.62. The Hall–Kier alpha value is -3.15. The van der Waals surface area contributed by atoms with Crippen LogP contribution in [-0.2, 0) is 0 Å². The minimum atomic E-state index is -0.297. The molecule has 0 unspecified atom stereocenters. The second kappa shape index (κ2) is 6.74. The third kappa shape index (κ3) is 3.74. The highest BCUT2D eigenvalue weighted by atomic mass is 16.7. The van der Waals surface area contributed by atoms with Crippen LogP contribution in [0.4, 0.5) is 0 Å². The fraction of sp³-hybridized carbons (Fsp3) is 0.118. The molecule has 1 aliphatic rings. The SMILES string of the molecule is CC(/C=C/c1ccc2c(c1)OCO2)=N/NC(=O)c1cccnc1. The van der Waals surface area contributed by atoms with E-state index in [0.29, 0.717) is 11.3 Å². The van der Waals surface area contributed by atoms with Crippen LogP contribution in [-0.4, -0.2) is 23.4 Å². The summed E-state index contributed by atoms with van der Waals surface area (Å²) in [6.07, 6.45) is 6.79. The molecule has 2 heterocycles. The Morgan fingerprint density at radius 3 is 3.00 bits per heavy atom. The van der Waals surface area contributed by atoms with Gasteiger partial charge in [0.15, 0.2) is 11.5 Å². The van der Waals surface area contributed by atoms with Crippen LogP contribution in [0.5, 0.6) is 11.5 Å². The standard InChI is InChI=1S/C17H15N3O3/c1-12(19-20-17(21)14-3-2-8-18-10-14)4-5-13-6-7-15-16(9-13)23-11-22-15/h2-10H,11H2,1H3,(H,20,21)/b5-4+,19-12-. The van der Waals surface area contributed by atoms with Crippen molar-refractivity contribution >= 4 is 17.7 Å². The van der Waals surface area contributed by atoms with Gasteiger partial charge in [0, 0.05) is 12.4 Å². The van der Waals surface area contributed by atoms with E-state index in [1.807, 2.05) is 24.3 Å². The topological polar surface area (TPSA) is 72.8 Å². The molecule has 0 bridgehead atoms. The van der Waals surface area contributed by atoms with E-state index in [2.05, 4.69) is 15.5 Å². The molecule has 6 nitrogen and oxygen atoms in total. The molecule has 0 spiro atoms. The van der Waals surface area contributed by atoms with Gasteiger partial charge in [-0.15, -0.1) is 0 Å². The number of nitrogens with zero attached hydrogens (tertiary/aromatic N) is 2. The molecular formula is C17H15N3O3. The number of carbonyl (C=O) groups is 1. The zero-order valence-electron chi connectivity index (χ0n) is 12.5. The van der Waals surface area contributed by atoms with E-state index in [9.17, 15) is 4.79 Å². The molecule has 0 atom stereocenters. The van der Waals surface area contributed by atoms with E-state index in [1.165, 1.54) is 6.20 Å². The monoisotopic (exact) mass is 309 g/mol. The minimum absolute atomic E-state index is 0.253. The number of hydrazone groups is 1. The Labute approximate surface area is 133 Å². The van der Waals surface area contributed by atoms with Gasteiger partial charge in [-0.25, -0.2) is 5.43 Å². The van der Waals surface area contributed by atoms with Crippen LogP contribution in [0.15, 0.2) is 53.9 Å². The second-order valence-electron chi connectivity index (χ2n) is 4.88. The average molecular weight is 309 g/mol. The van der Waals surface area contributed by atoms with Gasteiger partial charge in [-0.2, -0.15) is 5.10 Å². The molecule has 0 saturated carbocycles. The number of aromatic nitrogens is 1. The van der Waals surface area contributed by atoms with Crippen LogP contribution < -0.4 is 14.9 Å². The highest BCUT2D eigenvalue weighted by Gasteiger charge is 2.12. The molecule has 1 aliphatic heterocycles. The quantitative estimate of drug-likeness (QED) is 0.696. The summed E-state index contributed by atoms with van der Waals surface area (Å²) in [5, 5.41) is 4.03. The van der Waals surface area contributed by atoms with Crippen molar-refractivity contribution in [2.75, 3.05) is 6.79 Å². The zero-order chi connectivity index (χ0) is 16.1. The Bertz CT molecular complexity index is 770. The van der Waals surface area contributed by atoms with E-state index in [4.69, 9.17) is 9.47 Å². The van der Waals surface area contributed by atoms with E-state index >= 15 is 0 Å². The summed E-state index contributed by atoms with van der Waals surface area (Å²) in [7, 11) is 0. The lowest BCUT2D eigenvalue weighted by Crippen LogP contribution is -2.18. The normalized spacial score (nSPS) is 13.3. The molecule has 0 saturated heterocycles. The maximum absolute atomic E-state index is 11.8. The van der Waals surface area contributed by atoms with Crippen LogP contribution in [0.3, 0.4) is 0 Å². The Morgan fingerprint density at radius 1 is 1.30 bits per heavy atom. The molecule has 1 N–H and O–H groups in total. The number of rotatable bonds is 4. The molecule has 116 valence electrons. The number of carbonyl (C=O) groups excluding carboxylic acids is 1. The maximum Gasteiger partial charge on any atom is 0.272 e. The number of fused-ring (bicyclic) bond motifs is 1. The van der Waals surface area contributed by atoms with Gasteiger partial charge in [-0.1, -0.05) is 12.1 Å². The van der Waals surface area contributed by atoms with E-state index in [0.717, 1.165) is 17.1 Å². The van der Waals surface area contributed by atoms with Crippen LogP contribution in [0.25, 0.3) is 6.08 Å². The lowest BCUT2D eigenvalue weighted by atomic mass is 10.2. The van der Waals surface area contributed by atoms with Crippen molar-refractivity contribution in [2.24, 2.45) is 5.10 Å². The second-order valence-corrected chi connectivity index (χ2v) is 4.88. The first-order valence-electron chi connectivity index (χ1n) is 7.05. The molecule has 2 aromatic rings. The third-order valence-corrected chi connectivity index (χ3v) is 3.17. The number of hydrogen-bond acceptors (Lipinski definition) is 5. The first-order chi connectivity index (χ1) is 11.2. The summed E-state index contributed by atoms with van der Waals surface area (Å²) in [6, 6.07) is 9.05. The van der Waals surface area contributed by atoms with Gasteiger partial charge in [0.2, 0.25) is 6.79 Å². The highest BCUT2D eigenvalue weighted by Crippen LogP contribution is 2.32. The lowest BCUT2D eigenvalue weighted by molar-refractivity contribution is 0.0954. The number of ether oxygens (including phenoxy) is 2. The first-order valence-corrected chi connectivity index (χ1v) is 7.05. The fourth-order valence-corrected chi connectivity index (χ4v) is 1.97. The zero-order valence-corrected chi connectivity index (χ0v) is 12.5. The van der Waals surface area contributed by atoms with Gasteiger partial charge in [-0.05, 0) is 42.8 Å². The van der Waals surface area contributed by atoms with Crippen molar-refractivity contribution in [1.29, 1.82) is 0 Å². The van der Waals surface area contributed by atoms with Crippen molar-refractivity contribution < 1.29 is 14.3 Å². The summed E-state index contributed by atoms with van der Waals surface area (Å²) in [6.45, 7) is 2.05. The predicted molar refractivity (Wildman–Crippen MR) is 86.4 cm³/mol. The number of pyridine rings is 1. The number of amides is 1. The molecule has 3 rings (SSSR count). The average Bonchev–Trinajstić information content (AvgIpc) is 3.06. The number of benzene rings is 1. The molecule has 0 radical (unpaired) electrons. The van der Waals surface area contributed by atoms with Crippen molar-refractivity contribution in [2.45, 2.75) is 6.92 Å². The molecule has 1 aromatic carbocycles.